The third-order valence-electron chi connectivity index (χ3n) is 0.836. The monoisotopic (exact) mass is 140 g/mol. The molecular formula is C7H8OS. The van der Waals surface area contributed by atoms with Gasteiger partial charge in [-0.15, -0.1) is 0 Å². The SMILES string of the molecule is C1=CC=COSCC=C1. The second-order valence-corrected chi connectivity index (χ2v) is 2.28. The summed E-state index contributed by atoms with van der Waals surface area (Å²) in [5.41, 5.74) is 0. The van der Waals surface area contributed by atoms with Crippen LogP contribution >= 0.6 is 12.0 Å². The van der Waals surface area contributed by atoms with Crippen LogP contribution < -0.4 is 0 Å². The molecule has 0 saturated heterocycles. The van der Waals surface area contributed by atoms with E-state index >= 15 is 0 Å². The van der Waals surface area contributed by atoms with Gasteiger partial charge in [-0.1, -0.05) is 24.3 Å². The lowest BCUT2D eigenvalue weighted by Gasteiger charge is -1.89. The number of hydrogen-bond donors (Lipinski definition) is 0. The Kier molecular flexibility index (Phi) is 3.08. The van der Waals surface area contributed by atoms with Crippen molar-refractivity contribution >= 4 is 12.0 Å². The summed E-state index contributed by atoms with van der Waals surface area (Å²) < 4.78 is 4.99. The standard InChI is InChI=1S/C7H8OS/c1-2-4-6-8-9-7-5-3-1/h1-6H,7H2. The Hall–Kier alpha value is -0.630. The van der Waals surface area contributed by atoms with Crippen molar-refractivity contribution in [2.75, 3.05) is 5.75 Å². The number of rotatable bonds is 0. The van der Waals surface area contributed by atoms with Crippen molar-refractivity contribution in [2.45, 2.75) is 0 Å². The predicted octanol–water partition coefficient (Wildman–Crippen LogP) is 2.29. The molecule has 1 aliphatic rings. The second kappa shape index (κ2) is 4.27. The van der Waals surface area contributed by atoms with Crippen LogP contribution in [0.4, 0.5) is 0 Å². The molecule has 1 rings (SSSR count). The quantitative estimate of drug-likeness (QED) is 0.477. The maximum absolute atomic E-state index is 4.99. The normalized spacial score (nSPS) is 17.8. The number of hydrogen-bond acceptors (Lipinski definition) is 2. The van der Waals surface area contributed by atoms with Gasteiger partial charge >= 0.3 is 0 Å². The Labute approximate surface area is 59.3 Å². The molecule has 0 aromatic rings. The van der Waals surface area contributed by atoms with Crippen molar-refractivity contribution in [3.05, 3.63) is 36.6 Å². The minimum absolute atomic E-state index is 0.911. The average Bonchev–Trinajstić information content (AvgIpc) is 2.00. The van der Waals surface area contributed by atoms with E-state index < -0.39 is 0 Å². The lowest BCUT2D eigenvalue weighted by Crippen LogP contribution is -1.68. The summed E-state index contributed by atoms with van der Waals surface area (Å²) in [6.07, 6.45) is 11.5. The summed E-state index contributed by atoms with van der Waals surface area (Å²) in [7, 11) is 0. The average molecular weight is 140 g/mol. The fourth-order valence-corrected chi connectivity index (χ4v) is 0.869. The molecule has 1 nitrogen and oxygen atoms in total. The van der Waals surface area contributed by atoms with Crippen LogP contribution in [0.5, 0.6) is 0 Å². The zero-order chi connectivity index (χ0) is 6.36. The van der Waals surface area contributed by atoms with Crippen LogP contribution in [0.1, 0.15) is 0 Å². The molecule has 0 aromatic heterocycles. The van der Waals surface area contributed by atoms with Crippen molar-refractivity contribution in [3.63, 3.8) is 0 Å². The minimum Gasteiger partial charge on any atom is -0.433 e. The van der Waals surface area contributed by atoms with Crippen molar-refractivity contribution in [2.24, 2.45) is 0 Å². The van der Waals surface area contributed by atoms with E-state index in [-0.39, 0.29) is 0 Å². The molecular weight excluding hydrogens is 132 g/mol. The molecule has 0 spiro atoms. The summed E-state index contributed by atoms with van der Waals surface area (Å²) in [5, 5.41) is 0. The van der Waals surface area contributed by atoms with E-state index in [1.54, 1.807) is 6.26 Å². The topological polar surface area (TPSA) is 9.23 Å². The van der Waals surface area contributed by atoms with Crippen LogP contribution in [0, 0.1) is 0 Å². The number of allylic oxidation sites excluding steroid dienone is 4. The van der Waals surface area contributed by atoms with Crippen molar-refractivity contribution in [1.82, 2.24) is 0 Å². The Morgan fingerprint density at radius 2 is 2.00 bits per heavy atom. The molecule has 48 valence electrons. The highest BCUT2D eigenvalue weighted by Crippen LogP contribution is 2.04. The van der Waals surface area contributed by atoms with Gasteiger partial charge in [-0.25, -0.2) is 0 Å². The Morgan fingerprint density at radius 3 is 3.00 bits per heavy atom. The largest absolute Gasteiger partial charge is 0.433 e. The summed E-state index contributed by atoms with van der Waals surface area (Å²) in [5.74, 6) is 0.911. The molecule has 2 heteroatoms. The van der Waals surface area contributed by atoms with Crippen molar-refractivity contribution in [3.8, 4) is 0 Å². The zero-order valence-corrected chi connectivity index (χ0v) is 5.80. The minimum atomic E-state index is 0.911. The van der Waals surface area contributed by atoms with E-state index in [2.05, 4.69) is 0 Å². The highest BCUT2D eigenvalue weighted by molar-refractivity contribution is 7.94. The van der Waals surface area contributed by atoms with Crippen LogP contribution in [0.3, 0.4) is 0 Å². The smallest absolute Gasteiger partial charge is 0.101 e. The molecule has 0 aromatic carbocycles. The van der Waals surface area contributed by atoms with E-state index in [1.807, 2.05) is 30.4 Å². The first-order chi connectivity index (χ1) is 4.50. The summed E-state index contributed by atoms with van der Waals surface area (Å²) in [6.45, 7) is 0. The molecule has 0 saturated carbocycles. The highest BCUT2D eigenvalue weighted by Gasteiger charge is 1.80. The van der Waals surface area contributed by atoms with Crippen molar-refractivity contribution in [1.29, 1.82) is 0 Å². The summed E-state index contributed by atoms with van der Waals surface area (Å²) >= 11 is 1.43. The van der Waals surface area contributed by atoms with Crippen LogP contribution in [0.25, 0.3) is 0 Å². The van der Waals surface area contributed by atoms with Crippen LogP contribution in [0.2, 0.25) is 0 Å². The molecule has 1 aliphatic heterocycles. The third-order valence-corrected chi connectivity index (χ3v) is 1.41. The Bertz CT molecular complexity index is 131. The van der Waals surface area contributed by atoms with Gasteiger partial charge < -0.3 is 4.18 Å². The van der Waals surface area contributed by atoms with Gasteiger partial charge in [0.2, 0.25) is 0 Å². The van der Waals surface area contributed by atoms with E-state index in [0.29, 0.717) is 0 Å². The Balaban J connectivity index is 2.45. The fraction of sp³-hybridized carbons (Fsp3) is 0.143. The fourth-order valence-electron chi connectivity index (χ4n) is 0.458. The van der Waals surface area contributed by atoms with Gasteiger partial charge in [-0.05, 0) is 6.08 Å². The van der Waals surface area contributed by atoms with Gasteiger partial charge in [0.05, 0.1) is 17.8 Å². The van der Waals surface area contributed by atoms with Crippen LogP contribution in [-0.2, 0) is 4.18 Å². The maximum atomic E-state index is 4.99. The van der Waals surface area contributed by atoms with Gasteiger partial charge in [0.25, 0.3) is 0 Å². The summed E-state index contributed by atoms with van der Waals surface area (Å²) in [6, 6.07) is 0. The first kappa shape index (κ1) is 6.49. The predicted molar refractivity (Wildman–Crippen MR) is 41.0 cm³/mol. The van der Waals surface area contributed by atoms with Crippen LogP contribution in [0.15, 0.2) is 36.6 Å². The lowest BCUT2D eigenvalue weighted by atomic mass is 10.4. The van der Waals surface area contributed by atoms with Crippen molar-refractivity contribution < 1.29 is 4.18 Å². The molecule has 0 fully saturated rings. The van der Waals surface area contributed by atoms with Gasteiger partial charge in [0.1, 0.15) is 6.26 Å². The third kappa shape index (κ3) is 3.03. The molecule has 0 radical (unpaired) electrons. The maximum Gasteiger partial charge on any atom is 0.101 e. The second-order valence-electron chi connectivity index (χ2n) is 1.52. The molecule has 0 N–H and O–H groups in total. The van der Waals surface area contributed by atoms with E-state index in [9.17, 15) is 0 Å². The zero-order valence-electron chi connectivity index (χ0n) is 4.99. The van der Waals surface area contributed by atoms with Gasteiger partial charge in [-0.3, -0.25) is 0 Å². The Morgan fingerprint density at radius 1 is 1.11 bits per heavy atom. The van der Waals surface area contributed by atoms with Gasteiger partial charge in [-0.2, -0.15) is 0 Å². The van der Waals surface area contributed by atoms with Crippen LogP contribution in [-0.4, -0.2) is 5.75 Å². The molecule has 0 aliphatic carbocycles. The molecule has 0 unspecified atom stereocenters. The molecule has 0 atom stereocenters. The van der Waals surface area contributed by atoms with Gasteiger partial charge in [0, 0.05) is 0 Å². The molecule has 0 bridgehead atoms. The molecule has 1 heterocycles. The first-order valence-corrected chi connectivity index (χ1v) is 3.68. The highest BCUT2D eigenvalue weighted by atomic mass is 32.2. The van der Waals surface area contributed by atoms with Gasteiger partial charge in [0.15, 0.2) is 0 Å². The lowest BCUT2D eigenvalue weighted by molar-refractivity contribution is 0.568. The van der Waals surface area contributed by atoms with E-state index in [1.165, 1.54) is 12.0 Å². The van der Waals surface area contributed by atoms with E-state index in [0.717, 1.165) is 5.75 Å². The molecule has 9 heavy (non-hydrogen) atoms. The first-order valence-electron chi connectivity index (χ1n) is 2.77. The molecule has 0 amide bonds. The van der Waals surface area contributed by atoms with E-state index in [4.69, 9.17) is 4.18 Å². The summed E-state index contributed by atoms with van der Waals surface area (Å²) in [4.78, 5) is 0.